The molecule has 2 aromatic rings. The van der Waals surface area contributed by atoms with Crippen LogP contribution < -0.4 is 10.2 Å². The first-order chi connectivity index (χ1) is 13.4. The van der Waals surface area contributed by atoms with E-state index in [4.69, 9.17) is 23.2 Å². The molecule has 1 fully saturated rings. The fraction of sp³-hybridized carbons (Fsp3) is 0.333. The SMILES string of the molecule is CC(=O)c1ccc(N2CCN(C(C)C(=O)Nc3c(Cl)cccc3Cl)CC2)cc1. The molecule has 1 atom stereocenters. The molecule has 0 aromatic heterocycles. The van der Waals surface area contributed by atoms with Gasteiger partial charge in [0.15, 0.2) is 5.78 Å². The molecule has 1 aliphatic rings. The van der Waals surface area contributed by atoms with Crippen LogP contribution in [0.2, 0.25) is 10.0 Å². The molecule has 1 heterocycles. The Bertz CT molecular complexity index is 842. The van der Waals surface area contributed by atoms with Crippen LogP contribution in [0.5, 0.6) is 0 Å². The lowest BCUT2D eigenvalue weighted by Crippen LogP contribution is -2.52. The Balaban J connectivity index is 1.58. The van der Waals surface area contributed by atoms with Crippen molar-refractivity contribution in [1.29, 1.82) is 0 Å². The van der Waals surface area contributed by atoms with Crippen LogP contribution in [0.15, 0.2) is 42.5 Å². The minimum Gasteiger partial charge on any atom is -0.369 e. The number of piperazine rings is 1. The van der Waals surface area contributed by atoms with Gasteiger partial charge < -0.3 is 10.2 Å². The standard InChI is InChI=1S/C21H23Cl2N3O2/c1-14(21(28)24-20-18(22)4-3-5-19(20)23)25-10-12-26(13-11-25)17-8-6-16(7-9-17)15(2)27/h3-9,14H,10-13H2,1-2H3,(H,24,28). The van der Waals surface area contributed by atoms with E-state index in [9.17, 15) is 9.59 Å². The Kier molecular flexibility index (Phi) is 6.60. The van der Waals surface area contributed by atoms with Crippen LogP contribution in [0.4, 0.5) is 11.4 Å². The van der Waals surface area contributed by atoms with Crippen LogP contribution >= 0.6 is 23.2 Å². The highest BCUT2D eigenvalue weighted by Crippen LogP contribution is 2.30. The van der Waals surface area contributed by atoms with Gasteiger partial charge in [0.1, 0.15) is 0 Å². The lowest BCUT2D eigenvalue weighted by Gasteiger charge is -2.38. The summed E-state index contributed by atoms with van der Waals surface area (Å²) in [5.41, 5.74) is 2.25. The summed E-state index contributed by atoms with van der Waals surface area (Å²) in [4.78, 5) is 28.5. The third-order valence-corrected chi connectivity index (χ3v) is 5.72. The summed E-state index contributed by atoms with van der Waals surface area (Å²) in [5, 5.41) is 3.69. The lowest BCUT2D eigenvalue weighted by molar-refractivity contribution is -0.120. The molecule has 0 saturated carbocycles. The van der Waals surface area contributed by atoms with E-state index < -0.39 is 0 Å². The zero-order valence-corrected chi connectivity index (χ0v) is 17.4. The quantitative estimate of drug-likeness (QED) is 0.731. The van der Waals surface area contributed by atoms with Gasteiger partial charge in [-0.1, -0.05) is 29.3 Å². The highest BCUT2D eigenvalue weighted by Gasteiger charge is 2.26. The molecule has 0 radical (unpaired) electrons. The van der Waals surface area contributed by atoms with Gasteiger partial charge in [0.05, 0.1) is 21.8 Å². The van der Waals surface area contributed by atoms with Gasteiger partial charge in [0.2, 0.25) is 5.91 Å². The third kappa shape index (κ3) is 4.66. The number of rotatable bonds is 5. The molecular weight excluding hydrogens is 397 g/mol. The molecule has 3 rings (SSSR count). The molecule has 0 bridgehead atoms. The summed E-state index contributed by atoms with van der Waals surface area (Å²) in [6, 6.07) is 12.5. The second kappa shape index (κ2) is 8.95. The number of halogens is 2. The van der Waals surface area contributed by atoms with E-state index in [-0.39, 0.29) is 17.7 Å². The van der Waals surface area contributed by atoms with Crippen LogP contribution in [-0.4, -0.2) is 48.8 Å². The Labute approximate surface area is 175 Å². The van der Waals surface area contributed by atoms with Crippen LogP contribution in [0, 0.1) is 0 Å². The normalized spacial score (nSPS) is 15.9. The number of Topliss-reactive ketones (excluding diaryl/α,β-unsaturated/α-hetero) is 1. The van der Waals surface area contributed by atoms with Crippen molar-refractivity contribution < 1.29 is 9.59 Å². The monoisotopic (exact) mass is 419 g/mol. The molecule has 1 amide bonds. The maximum Gasteiger partial charge on any atom is 0.241 e. The summed E-state index contributed by atoms with van der Waals surface area (Å²) in [6.07, 6.45) is 0. The zero-order valence-electron chi connectivity index (χ0n) is 15.9. The van der Waals surface area contributed by atoms with Gasteiger partial charge in [0, 0.05) is 37.4 Å². The average Bonchev–Trinajstić information content (AvgIpc) is 2.70. The van der Waals surface area contributed by atoms with Crippen molar-refractivity contribution in [3.8, 4) is 0 Å². The summed E-state index contributed by atoms with van der Waals surface area (Å²) in [5.74, 6) is -0.0657. The number of carbonyl (C=O) groups excluding carboxylic acids is 2. The Hall–Kier alpha value is -2.08. The predicted molar refractivity (Wildman–Crippen MR) is 115 cm³/mol. The molecule has 0 aliphatic carbocycles. The molecule has 1 N–H and O–H groups in total. The highest BCUT2D eigenvalue weighted by atomic mass is 35.5. The van der Waals surface area contributed by atoms with Crippen LogP contribution in [0.1, 0.15) is 24.2 Å². The maximum atomic E-state index is 12.7. The van der Waals surface area contributed by atoms with E-state index in [0.717, 1.165) is 31.9 Å². The molecule has 5 nitrogen and oxygen atoms in total. The van der Waals surface area contributed by atoms with Gasteiger partial charge >= 0.3 is 0 Å². The Morgan fingerprint density at radius 3 is 2.07 bits per heavy atom. The summed E-state index contributed by atoms with van der Waals surface area (Å²) in [6.45, 7) is 6.60. The first-order valence-electron chi connectivity index (χ1n) is 9.21. The van der Waals surface area contributed by atoms with Crippen molar-refractivity contribution in [2.45, 2.75) is 19.9 Å². The van der Waals surface area contributed by atoms with Gasteiger partial charge in [-0.15, -0.1) is 0 Å². The fourth-order valence-corrected chi connectivity index (χ4v) is 3.78. The lowest BCUT2D eigenvalue weighted by atomic mass is 10.1. The number of nitrogens with zero attached hydrogens (tertiary/aromatic N) is 2. The van der Waals surface area contributed by atoms with Crippen molar-refractivity contribution in [2.75, 3.05) is 36.4 Å². The summed E-state index contributed by atoms with van der Waals surface area (Å²) < 4.78 is 0. The van der Waals surface area contributed by atoms with E-state index in [2.05, 4.69) is 15.1 Å². The topological polar surface area (TPSA) is 52.7 Å². The molecule has 7 heteroatoms. The molecule has 0 spiro atoms. The van der Waals surface area contributed by atoms with Crippen molar-refractivity contribution in [2.24, 2.45) is 0 Å². The largest absolute Gasteiger partial charge is 0.369 e. The second-order valence-corrected chi connectivity index (χ2v) is 7.70. The Morgan fingerprint density at radius 2 is 1.54 bits per heavy atom. The number of benzene rings is 2. The van der Waals surface area contributed by atoms with Gasteiger partial charge in [0.25, 0.3) is 0 Å². The minimum atomic E-state index is -0.297. The molecule has 1 aliphatic heterocycles. The summed E-state index contributed by atoms with van der Waals surface area (Å²) in [7, 11) is 0. The van der Waals surface area contributed by atoms with E-state index >= 15 is 0 Å². The van der Waals surface area contributed by atoms with E-state index in [1.807, 2.05) is 31.2 Å². The van der Waals surface area contributed by atoms with Crippen molar-refractivity contribution in [1.82, 2.24) is 4.90 Å². The van der Waals surface area contributed by atoms with Crippen molar-refractivity contribution >= 4 is 46.3 Å². The number of para-hydroxylation sites is 1. The van der Waals surface area contributed by atoms with Gasteiger partial charge in [-0.2, -0.15) is 0 Å². The van der Waals surface area contributed by atoms with Crippen molar-refractivity contribution in [3.63, 3.8) is 0 Å². The van der Waals surface area contributed by atoms with Gasteiger partial charge in [-0.3, -0.25) is 14.5 Å². The minimum absolute atomic E-state index is 0.0647. The smallest absolute Gasteiger partial charge is 0.241 e. The van der Waals surface area contributed by atoms with E-state index in [1.54, 1.807) is 25.1 Å². The number of anilines is 2. The molecule has 148 valence electrons. The predicted octanol–water partition coefficient (Wildman–Crippen LogP) is 4.35. The second-order valence-electron chi connectivity index (χ2n) is 6.89. The average molecular weight is 420 g/mol. The first-order valence-corrected chi connectivity index (χ1v) is 9.97. The number of hydrogen-bond acceptors (Lipinski definition) is 4. The summed E-state index contributed by atoms with van der Waals surface area (Å²) >= 11 is 12.3. The van der Waals surface area contributed by atoms with Gasteiger partial charge in [-0.25, -0.2) is 0 Å². The number of carbonyl (C=O) groups is 2. The number of ketones is 1. The van der Waals surface area contributed by atoms with Crippen LogP contribution in [-0.2, 0) is 4.79 Å². The number of nitrogens with one attached hydrogen (secondary N) is 1. The number of amides is 1. The van der Waals surface area contributed by atoms with E-state index in [0.29, 0.717) is 21.3 Å². The molecule has 1 saturated heterocycles. The zero-order chi connectivity index (χ0) is 20.3. The van der Waals surface area contributed by atoms with E-state index in [1.165, 1.54) is 0 Å². The molecular formula is C21H23Cl2N3O2. The fourth-order valence-electron chi connectivity index (χ4n) is 3.29. The molecule has 1 unspecified atom stereocenters. The first kappa shape index (κ1) is 20.6. The maximum absolute atomic E-state index is 12.7. The molecule has 28 heavy (non-hydrogen) atoms. The van der Waals surface area contributed by atoms with Crippen LogP contribution in [0.25, 0.3) is 0 Å². The van der Waals surface area contributed by atoms with Crippen LogP contribution in [0.3, 0.4) is 0 Å². The van der Waals surface area contributed by atoms with Crippen molar-refractivity contribution in [3.05, 3.63) is 58.1 Å². The Morgan fingerprint density at radius 1 is 0.964 bits per heavy atom. The molecule has 2 aromatic carbocycles. The third-order valence-electron chi connectivity index (χ3n) is 5.09. The number of hydrogen-bond donors (Lipinski definition) is 1. The highest BCUT2D eigenvalue weighted by molar-refractivity contribution is 6.39. The van der Waals surface area contributed by atoms with Gasteiger partial charge in [-0.05, 0) is 50.2 Å².